The molecule has 0 aliphatic heterocycles. The lowest BCUT2D eigenvalue weighted by atomic mass is 10.2. The Balaban J connectivity index is 1.69. The van der Waals surface area contributed by atoms with Gasteiger partial charge in [0.25, 0.3) is 5.91 Å². The van der Waals surface area contributed by atoms with E-state index < -0.39 is 28.7 Å². The summed E-state index contributed by atoms with van der Waals surface area (Å²) in [7, 11) is 0. The molecule has 3 rings (SSSR count). The summed E-state index contributed by atoms with van der Waals surface area (Å²) in [6.07, 6.45) is -3.65. The van der Waals surface area contributed by atoms with E-state index in [9.17, 15) is 28.1 Å². The molecule has 0 saturated heterocycles. The maximum atomic E-state index is 12.9. The molecule has 1 aromatic carbocycles. The van der Waals surface area contributed by atoms with Gasteiger partial charge >= 0.3 is 11.9 Å². The van der Waals surface area contributed by atoms with Crippen LogP contribution in [0.4, 0.5) is 24.7 Å². The highest BCUT2D eigenvalue weighted by molar-refractivity contribution is 6.31. The summed E-state index contributed by atoms with van der Waals surface area (Å²) in [5.74, 6) is -0.367. The molecule has 0 spiro atoms. The van der Waals surface area contributed by atoms with Gasteiger partial charge in [0.2, 0.25) is 11.7 Å². The number of nitrogens with zero attached hydrogens (tertiary/aromatic N) is 4. The fraction of sp³-hybridized carbons (Fsp3) is 0.227. The normalized spacial score (nSPS) is 12.1. The van der Waals surface area contributed by atoms with Crippen LogP contribution in [0.15, 0.2) is 54.9 Å². The maximum Gasteiger partial charge on any atom is 0.417 e. The van der Waals surface area contributed by atoms with Crippen molar-refractivity contribution in [3.05, 3.63) is 75.6 Å². The lowest BCUT2D eigenvalue weighted by molar-refractivity contribution is -0.384. The van der Waals surface area contributed by atoms with Crippen molar-refractivity contribution in [1.29, 1.82) is 0 Å². The van der Waals surface area contributed by atoms with E-state index in [1.807, 2.05) is 0 Å². The molecule has 1 amide bonds. The molecule has 0 saturated carbocycles. The molecule has 1 unspecified atom stereocenters. The summed E-state index contributed by atoms with van der Waals surface area (Å²) >= 11 is 5.84. The van der Waals surface area contributed by atoms with Gasteiger partial charge in [-0.2, -0.15) is 13.2 Å². The Bertz CT molecular complexity index is 1220. The Hall–Kier alpha value is -3.93. The number of ether oxygens (including phenoxy) is 2. The number of carbonyl (C=O) groups excluding carboxylic acids is 1. The Kier molecular flexibility index (Phi) is 7.75. The van der Waals surface area contributed by atoms with Gasteiger partial charge < -0.3 is 9.47 Å². The highest BCUT2D eigenvalue weighted by atomic mass is 35.5. The number of hydrogen-bond donors (Lipinski definition) is 0. The lowest BCUT2D eigenvalue weighted by Gasteiger charge is -2.23. The molecule has 0 radical (unpaired) electrons. The van der Waals surface area contributed by atoms with E-state index in [4.69, 9.17) is 21.1 Å². The molecule has 184 valence electrons. The predicted molar refractivity (Wildman–Crippen MR) is 120 cm³/mol. The highest BCUT2D eigenvalue weighted by Crippen LogP contribution is 2.35. The highest BCUT2D eigenvalue weighted by Gasteiger charge is 2.32. The largest absolute Gasteiger partial charge is 0.481 e. The Morgan fingerprint density at radius 2 is 1.86 bits per heavy atom. The van der Waals surface area contributed by atoms with E-state index in [0.29, 0.717) is 12.3 Å². The third-order valence-corrected chi connectivity index (χ3v) is 4.91. The van der Waals surface area contributed by atoms with Crippen LogP contribution in [0.2, 0.25) is 5.02 Å². The first kappa shape index (κ1) is 25.7. The number of rotatable bonds is 8. The summed E-state index contributed by atoms with van der Waals surface area (Å²) in [5.41, 5.74) is -1.32. The van der Waals surface area contributed by atoms with Crippen LogP contribution in [-0.2, 0) is 11.0 Å². The van der Waals surface area contributed by atoms with E-state index in [1.54, 1.807) is 6.92 Å². The molecule has 13 heteroatoms. The van der Waals surface area contributed by atoms with Crippen LogP contribution < -0.4 is 14.4 Å². The average molecular weight is 511 g/mol. The summed E-state index contributed by atoms with van der Waals surface area (Å²) in [6.45, 7) is 3.25. The molecule has 3 aromatic rings. The molecule has 2 heterocycles. The number of hydrogen-bond acceptors (Lipinski definition) is 7. The minimum Gasteiger partial charge on any atom is -0.481 e. The van der Waals surface area contributed by atoms with Crippen LogP contribution in [0.25, 0.3) is 0 Å². The van der Waals surface area contributed by atoms with Gasteiger partial charge in [-0.05, 0) is 50.2 Å². The summed E-state index contributed by atoms with van der Waals surface area (Å²) in [5, 5.41) is 11.0. The minimum absolute atomic E-state index is 0.0925. The van der Waals surface area contributed by atoms with Crippen LogP contribution in [0, 0.1) is 10.1 Å². The first-order chi connectivity index (χ1) is 16.5. The van der Waals surface area contributed by atoms with Crippen LogP contribution in [-0.4, -0.2) is 33.4 Å². The number of carbonyl (C=O) groups is 1. The van der Waals surface area contributed by atoms with Crippen LogP contribution in [0.5, 0.6) is 17.4 Å². The smallest absolute Gasteiger partial charge is 0.417 e. The van der Waals surface area contributed by atoms with Gasteiger partial charge in [0, 0.05) is 25.0 Å². The predicted octanol–water partition coefficient (Wildman–Crippen LogP) is 5.67. The van der Waals surface area contributed by atoms with Gasteiger partial charge in [0.05, 0.1) is 10.5 Å². The zero-order valence-electron chi connectivity index (χ0n) is 18.3. The van der Waals surface area contributed by atoms with E-state index in [-0.39, 0.29) is 40.5 Å². The maximum absolute atomic E-state index is 12.9. The number of nitro groups is 1. The fourth-order valence-corrected chi connectivity index (χ4v) is 3.18. The van der Waals surface area contributed by atoms with Gasteiger partial charge in [0.1, 0.15) is 16.5 Å². The van der Waals surface area contributed by atoms with Gasteiger partial charge in [-0.25, -0.2) is 9.97 Å². The molecule has 1 atom stereocenters. The van der Waals surface area contributed by atoms with Crippen molar-refractivity contribution in [1.82, 2.24) is 9.97 Å². The molecule has 2 aromatic heterocycles. The van der Waals surface area contributed by atoms with Gasteiger partial charge in [0.15, 0.2) is 6.10 Å². The molecule has 0 aliphatic rings. The SMILES string of the molecule is CCN(C(=O)C(C)Oc1ccc(Oc2ncc(C(F)(F)F)cc2Cl)cc1)c1ncccc1[N+](=O)[O-]. The first-order valence-corrected chi connectivity index (χ1v) is 10.5. The van der Waals surface area contributed by atoms with Crippen molar-refractivity contribution in [3.8, 4) is 17.4 Å². The second kappa shape index (κ2) is 10.6. The van der Waals surface area contributed by atoms with Crippen molar-refractivity contribution in [2.45, 2.75) is 26.1 Å². The summed E-state index contributed by atoms with van der Waals surface area (Å²) in [4.78, 5) is 32.3. The van der Waals surface area contributed by atoms with Gasteiger partial charge in [-0.15, -0.1) is 0 Å². The second-order valence-electron chi connectivity index (χ2n) is 7.03. The number of benzene rings is 1. The monoisotopic (exact) mass is 510 g/mol. The van der Waals surface area contributed by atoms with Crippen molar-refractivity contribution < 1.29 is 32.4 Å². The minimum atomic E-state index is -4.59. The van der Waals surface area contributed by atoms with E-state index in [2.05, 4.69) is 9.97 Å². The molecule has 35 heavy (non-hydrogen) atoms. The molecule has 9 nitrogen and oxygen atoms in total. The van der Waals surface area contributed by atoms with Gasteiger partial charge in [-0.3, -0.25) is 19.8 Å². The fourth-order valence-electron chi connectivity index (χ4n) is 2.98. The number of pyridine rings is 2. The van der Waals surface area contributed by atoms with Crippen molar-refractivity contribution in [2.75, 3.05) is 11.4 Å². The Morgan fingerprint density at radius 1 is 1.20 bits per heavy atom. The van der Waals surface area contributed by atoms with Crippen LogP contribution >= 0.6 is 11.6 Å². The topological polar surface area (TPSA) is 108 Å². The van der Waals surface area contributed by atoms with E-state index in [1.165, 1.54) is 49.5 Å². The number of anilines is 1. The van der Waals surface area contributed by atoms with Crippen molar-refractivity contribution in [3.63, 3.8) is 0 Å². The quantitative estimate of drug-likeness (QED) is 0.284. The first-order valence-electron chi connectivity index (χ1n) is 10.1. The van der Waals surface area contributed by atoms with E-state index in [0.717, 1.165) is 4.90 Å². The molecular formula is C22H18ClF3N4O5. The van der Waals surface area contributed by atoms with Crippen molar-refractivity contribution >= 4 is 29.0 Å². The van der Waals surface area contributed by atoms with Crippen LogP contribution in [0.3, 0.4) is 0 Å². The van der Waals surface area contributed by atoms with Crippen LogP contribution in [0.1, 0.15) is 19.4 Å². The third kappa shape index (κ3) is 6.15. The zero-order valence-corrected chi connectivity index (χ0v) is 19.1. The summed E-state index contributed by atoms with van der Waals surface area (Å²) < 4.78 is 49.3. The number of likely N-dealkylation sites (N-methyl/N-ethyl adjacent to an activating group) is 1. The zero-order chi connectivity index (χ0) is 25.8. The molecular weight excluding hydrogens is 493 g/mol. The molecule has 0 fully saturated rings. The van der Waals surface area contributed by atoms with Crippen molar-refractivity contribution in [2.24, 2.45) is 0 Å². The molecule has 0 bridgehead atoms. The third-order valence-electron chi connectivity index (χ3n) is 4.63. The number of amides is 1. The Labute approximate surface area is 202 Å². The van der Waals surface area contributed by atoms with E-state index >= 15 is 0 Å². The summed E-state index contributed by atoms with van der Waals surface area (Å²) in [6, 6.07) is 9.19. The molecule has 0 aliphatic carbocycles. The lowest BCUT2D eigenvalue weighted by Crippen LogP contribution is -2.41. The number of alkyl halides is 3. The second-order valence-corrected chi connectivity index (χ2v) is 7.44. The Morgan fingerprint density at radius 3 is 2.43 bits per heavy atom. The standard InChI is InChI=1S/C22H18ClF3N4O5/c1-3-29(19-18(30(32)33)5-4-10-27-19)21(31)13(2)34-15-6-8-16(9-7-15)35-20-17(23)11-14(12-28-20)22(24,25)26/h4-13H,3H2,1-2H3. The molecule has 0 N–H and O–H groups in total. The number of aromatic nitrogens is 2. The number of halogens is 4. The average Bonchev–Trinajstić information content (AvgIpc) is 2.81. The van der Waals surface area contributed by atoms with Gasteiger partial charge in [-0.1, -0.05) is 11.6 Å².